The Kier molecular flexibility index (Phi) is 10.1. The minimum absolute atomic E-state index is 0.0770. The summed E-state index contributed by atoms with van der Waals surface area (Å²) in [7, 11) is 0. The van der Waals surface area contributed by atoms with Crippen LogP contribution in [0, 0.1) is 11.8 Å². The van der Waals surface area contributed by atoms with Gasteiger partial charge in [0.05, 0.1) is 18.0 Å². The molecule has 0 unspecified atom stereocenters. The van der Waals surface area contributed by atoms with Gasteiger partial charge in [0.15, 0.2) is 5.60 Å². The van der Waals surface area contributed by atoms with Gasteiger partial charge in [0.25, 0.3) is 0 Å². The van der Waals surface area contributed by atoms with Crippen molar-refractivity contribution in [2.45, 2.75) is 99.7 Å². The van der Waals surface area contributed by atoms with E-state index in [1.165, 1.54) is 6.26 Å². The van der Waals surface area contributed by atoms with Crippen LogP contribution in [0.25, 0.3) is 0 Å². The largest absolute Gasteiger partial charge is 0.486 e. The minimum atomic E-state index is -1.61. The van der Waals surface area contributed by atoms with Crippen LogP contribution in [0.2, 0.25) is 0 Å². The van der Waals surface area contributed by atoms with Gasteiger partial charge in [-0.05, 0) is 74.1 Å². The maximum Gasteiger partial charge on any atom is 0.243 e. The topological polar surface area (TPSA) is 149 Å². The van der Waals surface area contributed by atoms with Crippen LogP contribution >= 0.6 is 0 Å². The molecule has 1 aromatic carbocycles. The maximum atomic E-state index is 11.7. The molecule has 218 valence electrons. The predicted molar refractivity (Wildman–Crippen MR) is 144 cm³/mol. The molecule has 3 aliphatic rings. The summed E-state index contributed by atoms with van der Waals surface area (Å²) < 4.78 is 18.8. The fourth-order valence-electron chi connectivity index (χ4n) is 6.53. The first-order chi connectivity index (χ1) is 18.8. The van der Waals surface area contributed by atoms with Gasteiger partial charge in [-0.15, -0.1) is 6.58 Å². The SMILES string of the molecule is C=CCc1ccc(O[C@@H]2O[C@H]([C@@H](O)CCCO)[C@@H](O)[C@H](O)[C@@]23C[C@H](C2(O)CCCC2)[C@H](CCO)C=CO3)cc1. The van der Waals surface area contributed by atoms with E-state index in [2.05, 4.69) is 6.58 Å². The van der Waals surface area contributed by atoms with E-state index < -0.39 is 47.8 Å². The van der Waals surface area contributed by atoms with Crippen LogP contribution in [0.4, 0.5) is 0 Å². The van der Waals surface area contributed by atoms with Gasteiger partial charge in [-0.25, -0.2) is 0 Å². The Morgan fingerprint density at radius 1 is 1.10 bits per heavy atom. The number of hydrogen-bond donors (Lipinski definition) is 6. The number of aliphatic hydroxyl groups is 6. The van der Waals surface area contributed by atoms with E-state index in [-0.39, 0.29) is 32.0 Å². The highest BCUT2D eigenvalue weighted by Crippen LogP contribution is 2.50. The second-order valence-corrected chi connectivity index (χ2v) is 11.3. The molecule has 1 aromatic rings. The molecule has 9 nitrogen and oxygen atoms in total. The highest BCUT2D eigenvalue weighted by atomic mass is 16.7. The van der Waals surface area contributed by atoms with E-state index >= 15 is 0 Å². The number of hydrogen-bond acceptors (Lipinski definition) is 9. The Bertz CT molecular complexity index is 944. The lowest BCUT2D eigenvalue weighted by molar-refractivity contribution is -0.335. The zero-order chi connectivity index (χ0) is 28.0. The number of aliphatic hydroxyl groups excluding tert-OH is 5. The molecule has 9 heteroatoms. The molecule has 1 aliphatic carbocycles. The highest BCUT2D eigenvalue weighted by Gasteiger charge is 2.63. The van der Waals surface area contributed by atoms with Crippen LogP contribution in [-0.2, 0) is 15.9 Å². The third-order valence-corrected chi connectivity index (χ3v) is 8.72. The fourth-order valence-corrected chi connectivity index (χ4v) is 6.53. The van der Waals surface area contributed by atoms with Gasteiger partial charge in [0, 0.05) is 19.6 Å². The normalized spacial score (nSPS) is 34.8. The zero-order valence-corrected chi connectivity index (χ0v) is 22.5. The molecule has 2 heterocycles. The molecular weight excluding hydrogens is 504 g/mol. The van der Waals surface area contributed by atoms with Gasteiger partial charge < -0.3 is 44.8 Å². The molecule has 6 N–H and O–H groups in total. The van der Waals surface area contributed by atoms with Crippen LogP contribution in [0.3, 0.4) is 0 Å². The average molecular weight is 549 g/mol. The lowest BCUT2D eigenvalue weighted by atomic mass is 9.68. The van der Waals surface area contributed by atoms with Gasteiger partial charge >= 0.3 is 0 Å². The third-order valence-electron chi connectivity index (χ3n) is 8.72. The third kappa shape index (κ3) is 6.35. The monoisotopic (exact) mass is 548 g/mol. The molecular formula is C30H44O9. The van der Waals surface area contributed by atoms with Crippen molar-refractivity contribution in [3.63, 3.8) is 0 Å². The molecule has 0 aromatic heterocycles. The Hall–Kier alpha value is -1.98. The van der Waals surface area contributed by atoms with Crippen molar-refractivity contribution >= 4 is 0 Å². The van der Waals surface area contributed by atoms with E-state index in [0.717, 1.165) is 18.4 Å². The van der Waals surface area contributed by atoms with Crippen molar-refractivity contribution in [3.05, 3.63) is 54.8 Å². The first-order valence-electron chi connectivity index (χ1n) is 14.1. The van der Waals surface area contributed by atoms with Crippen LogP contribution < -0.4 is 4.74 Å². The summed E-state index contributed by atoms with van der Waals surface area (Å²) in [6.45, 7) is 3.55. The number of benzene rings is 1. The van der Waals surface area contributed by atoms with Crippen molar-refractivity contribution in [2.24, 2.45) is 11.8 Å². The lowest BCUT2D eigenvalue weighted by Gasteiger charge is -2.52. The first-order valence-corrected chi connectivity index (χ1v) is 14.1. The van der Waals surface area contributed by atoms with Crippen molar-refractivity contribution in [1.29, 1.82) is 0 Å². The van der Waals surface area contributed by atoms with E-state index in [1.54, 1.807) is 24.3 Å². The Morgan fingerprint density at radius 2 is 1.82 bits per heavy atom. The molecule has 0 amide bonds. The zero-order valence-electron chi connectivity index (χ0n) is 22.5. The predicted octanol–water partition coefficient (Wildman–Crippen LogP) is 1.97. The quantitative estimate of drug-likeness (QED) is 0.228. The smallest absolute Gasteiger partial charge is 0.243 e. The van der Waals surface area contributed by atoms with Crippen LogP contribution in [0.15, 0.2) is 49.3 Å². The minimum Gasteiger partial charge on any atom is -0.486 e. The molecule has 1 spiro atoms. The van der Waals surface area contributed by atoms with Gasteiger partial charge in [0.1, 0.15) is 24.1 Å². The molecule has 0 radical (unpaired) electrons. The number of ether oxygens (including phenoxy) is 3. The van der Waals surface area contributed by atoms with E-state index in [9.17, 15) is 30.6 Å². The maximum absolute atomic E-state index is 11.7. The van der Waals surface area contributed by atoms with Crippen LogP contribution in [0.5, 0.6) is 5.75 Å². The molecule has 4 rings (SSSR count). The van der Waals surface area contributed by atoms with Crippen molar-refractivity contribution in [3.8, 4) is 5.75 Å². The second-order valence-electron chi connectivity index (χ2n) is 11.3. The number of rotatable bonds is 11. The standard InChI is InChI=1S/C30H44O9/c1-2-6-20-8-10-22(11-9-20)38-28-30(27(35)25(34)26(39-28)24(33)7-5-16-31)19-23(29(36)14-3-4-15-29)21(12-17-32)13-18-37-30/h2,8-11,13,18,21,23-28,31-36H,1,3-7,12,14-17,19H2/t21-,23+,24+,25-,26-,27+,28-,30+/m1/s1. The summed E-state index contributed by atoms with van der Waals surface area (Å²) in [4.78, 5) is 0. The Balaban J connectivity index is 1.72. The van der Waals surface area contributed by atoms with Crippen molar-refractivity contribution in [1.82, 2.24) is 0 Å². The van der Waals surface area contributed by atoms with E-state index in [4.69, 9.17) is 14.2 Å². The van der Waals surface area contributed by atoms with Crippen molar-refractivity contribution < 1.29 is 44.8 Å². The molecule has 1 saturated heterocycles. The fraction of sp³-hybridized carbons (Fsp3) is 0.667. The summed E-state index contributed by atoms with van der Waals surface area (Å²) in [5.41, 5.74) is -1.62. The van der Waals surface area contributed by atoms with Gasteiger partial charge in [-0.1, -0.05) is 31.1 Å². The summed E-state index contributed by atoms with van der Waals surface area (Å²) in [5, 5.41) is 64.4. The van der Waals surface area contributed by atoms with Gasteiger partial charge in [0.2, 0.25) is 6.29 Å². The van der Waals surface area contributed by atoms with Crippen molar-refractivity contribution in [2.75, 3.05) is 13.2 Å². The molecule has 0 bridgehead atoms. The molecule has 2 fully saturated rings. The van der Waals surface area contributed by atoms with Crippen LogP contribution in [0.1, 0.15) is 56.9 Å². The summed E-state index contributed by atoms with van der Waals surface area (Å²) in [5.74, 6) is -0.193. The average Bonchev–Trinajstić information content (AvgIpc) is 3.28. The number of allylic oxidation sites excluding steroid dienone is 2. The summed E-state index contributed by atoms with van der Waals surface area (Å²) in [6, 6.07) is 7.32. The van der Waals surface area contributed by atoms with E-state index in [1.807, 2.05) is 12.1 Å². The first kappa shape index (κ1) is 30.0. The highest BCUT2D eigenvalue weighted by molar-refractivity contribution is 5.29. The molecule has 39 heavy (non-hydrogen) atoms. The van der Waals surface area contributed by atoms with Gasteiger partial charge in [-0.2, -0.15) is 0 Å². The van der Waals surface area contributed by atoms with Gasteiger partial charge in [-0.3, -0.25) is 0 Å². The second kappa shape index (κ2) is 13.1. The molecule has 2 aliphatic heterocycles. The summed E-state index contributed by atoms with van der Waals surface area (Å²) >= 11 is 0. The Labute approximate surface area is 230 Å². The Morgan fingerprint density at radius 3 is 2.46 bits per heavy atom. The molecule has 8 atom stereocenters. The molecule has 1 saturated carbocycles. The van der Waals surface area contributed by atoms with Crippen LogP contribution in [-0.4, -0.2) is 85.8 Å². The lowest BCUT2D eigenvalue weighted by Crippen LogP contribution is -2.70. The van der Waals surface area contributed by atoms with E-state index in [0.29, 0.717) is 37.9 Å². The summed E-state index contributed by atoms with van der Waals surface area (Å²) in [6.07, 6.45) is 2.93.